The molecule has 2 fully saturated rings. The molecule has 2 saturated heterocycles. The maximum absolute atomic E-state index is 12.9. The van der Waals surface area contributed by atoms with E-state index in [9.17, 15) is 9.59 Å². The summed E-state index contributed by atoms with van der Waals surface area (Å²) in [7, 11) is 0. The van der Waals surface area contributed by atoms with Crippen LogP contribution >= 0.6 is 0 Å². The Balaban J connectivity index is 2.16. The van der Waals surface area contributed by atoms with Crippen molar-refractivity contribution in [3.05, 3.63) is 0 Å². The molecule has 0 aromatic rings. The number of nitrogens with zero attached hydrogens (tertiary/aromatic N) is 1. The number of nitrogens with one attached hydrogen (secondary N) is 1. The lowest BCUT2D eigenvalue weighted by Gasteiger charge is -2.40. The molecule has 2 rings (SSSR count). The predicted octanol–water partition coefficient (Wildman–Crippen LogP) is 0.633. The summed E-state index contributed by atoms with van der Waals surface area (Å²) in [4.78, 5) is 26.1. The summed E-state index contributed by atoms with van der Waals surface area (Å²) in [6.45, 7) is 4.51. The van der Waals surface area contributed by atoms with Crippen molar-refractivity contribution >= 4 is 11.8 Å². The smallest absolute Gasteiger partial charge is 0.240 e. The van der Waals surface area contributed by atoms with Crippen molar-refractivity contribution in [1.82, 2.24) is 10.2 Å². The summed E-state index contributed by atoms with van der Waals surface area (Å²) in [6.07, 6.45) is 5.43. The van der Waals surface area contributed by atoms with Crippen molar-refractivity contribution in [2.75, 3.05) is 19.6 Å². The monoisotopic (exact) mass is 267 g/mol. The van der Waals surface area contributed by atoms with Crippen LogP contribution in [-0.4, -0.2) is 42.4 Å². The Bertz CT molecular complexity index is 345. The number of carbonyl (C=O) groups excluding carboxylic acids is 2. The average molecular weight is 267 g/mol. The van der Waals surface area contributed by atoms with E-state index in [1.807, 2.05) is 0 Å². The minimum Gasteiger partial charge on any atom is -0.368 e. The van der Waals surface area contributed by atoms with Crippen molar-refractivity contribution < 1.29 is 9.59 Å². The van der Waals surface area contributed by atoms with Crippen LogP contribution < -0.4 is 11.1 Å². The molecule has 5 nitrogen and oxygen atoms in total. The zero-order valence-electron chi connectivity index (χ0n) is 11.8. The van der Waals surface area contributed by atoms with E-state index in [-0.39, 0.29) is 23.3 Å². The zero-order valence-corrected chi connectivity index (χ0v) is 11.8. The van der Waals surface area contributed by atoms with Crippen LogP contribution in [0.5, 0.6) is 0 Å². The van der Waals surface area contributed by atoms with Gasteiger partial charge in [0.05, 0.1) is 5.41 Å². The van der Waals surface area contributed by atoms with Gasteiger partial charge in [0.15, 0.2) is 0 Å². The van der Waals surface area contributed by atoms with Gasteiger partial charge in [-0.05, 0) is 38.6 Å². The Morgan fingerprint density at radius 3 is 2.79 bits per heavy atom. The number of piperidine rings is 1. The van der Waals surface area contributed by atoms with E-state index in [2.05, 4.69) is 12.2 Å². The molecule has 2 amide bonds. The maximum Gasteiger partial charge on any atom is 0.240 e. The van der Waals surface area contributed by atoms with Gasteiger partial charge in [0.2, 0.25) is 11.8 Å². The van der Waals surface area contributed by atoms with E-state index in [0.717, 1.165) is 51.6 Å². The molecule has 2 atom stereocenters. The van der Waals surface area contributed by atoms with Gasteiger partial charge < -0.3 is 16.0 Å². The molecule has 0 aromatic heterocycles. The number of likely N-dealkylation sites (tertiary alicyclic amines) is 1. The molecule has 2 heterocycles. The highest BCUT2D eigenvalue weighted by Crippen LogP contribution is 2.36. The first kappa shape index (κ1) is 14.3. The second kappa shape index (κ2) is 5.90. The first-order valence-corrected chi connectivity index (χ1v) is 7.42. The van der Waals surface area contributed by atoms with Crippen LogP contribution in [0.1, 0.15) is 45.4 Å². The van der Waals surface area contributed by atoms with Gasteiger partial charge >= 0.3 is 0 Å². The molecular formula is C14H25N3O2. The second-order valence-corrected chi connectivity index (χ2v) is 5.87. The fourth-order valence-corrected chi connectivity index (χ4v) is 3.56. The number of nitrogens with two attached hydrogens (primary N) is 1. The number of hydrogen-bond acceptors (Lipinski definition) is 3. The fraction of sp³-hybridized carbons (Fsp3) is 0.857. The summed E-state index contributed by atoms with van der Waals surface area (Å²) in [6, 6.07) is -0.386. The third kappa shape index (κ3) is 2.76. The van der Waals surface area contributed by atoms with Crippen LogP contribution in [0.25, 0.3) is 0 Å². The number of hydrogen-bond donors (Lipinski definition) is 2. The van der Waals surface area contributed by atoms with E-state index in [1.54, 1.807) is 4.90 Å². The molecule has 0 bridgehead atoms. The molecule has 19 heavy (non-hydrogen) atoms. The lowest BCUT2D eigenvalue weighted by atomic mass is 9.75. The highest BCUT2D eigenvalue weighted by atomic mass is 16.2. The Morgan fingerprint density at radius 1 is 1.42 bits per heavy atom. The summed E-state index contributed by atoms with van der Waals surface area (Å²) in [5.41, 5.74) is 5.11. The summed E-state index contributed by atoms with van der Waals surface area (Å²) < 4.78 is 0. The molecule has 0 aromatic carbocycles. The minimum atomic E-state index is -0.386. The van der Waals surface area contributed by atoms with Crippen molar-refractivity contribution in [3.63, 3.8) is 0 Å². The van der Waals surface area contributed by atoms with E-state index < -0.39 is 0 Å². The lowest BCUT2D eigenvalue weighted by Crippen LogP contribution is -2.55. The first-order chi connectivity index (χ1) is 9.10. The van der Waals surface area contributed by atoms with Crippen molar-refractivity contribution in [2.24, 2.45) is 11.1 Å². The molecule has 0 saturated carbocycles. The largest absolute Gasteiger partial charge is 0.368 e. The van der Waals surface area contributed by atoms with Gasteiger partial charge in [-0.2, -0.15) is 0 Å². The van der Waals surface area contributed by atoms with Gasteiger partial charge in [0.1, 0.15) is 6.04 Å². The van der Waals surface area contributed by atoms with E-state index >= 15 is 0 Å². The molecule has 3 N–H and O–H groups in total. The Morgan fingerprint density at radius 2 is 2.21 bits per heavy atom. The third-order valence-corrected chi connectivity index (χ3v) is 4.50. The molecule has 2 unspecified atom stereocenters. The molecular weight excluding hydrogens is 242 g/mol. The normalized spacial score (nSPS) is 31.4. The Kier molecular flexibility index (Phi) is 4.45. The van der Waals surface area contributed by atoms with Crippen LogP contribution in [0.15, 0.2) is 0 Å². The zero-order chi connectivity index (χ0) is 13.9. The van der Waals surface area contributed by atoms with Crippen molar-refractivity contribution in [1.29, 1.82) is 0 Å². The van der Waals surface area contributed by atoms with Crippen LogP contribution in [0.4, 0.5) is 0 Å². The number of primary amides is 1. The van der Waals surface area contributed by atoms with Gasteiger partial charge in [-0.3, -0.25) is 9.59 Å². The van der Waals surface area contributed by atoms with Crippen LogP contribution in [0.3, 0.4) is 0 Å². The predicted molar refractivity (Wildman–Crippen MR) is 73.4 cm³/mol. The topological polar surface area (TPSA) is 75.4 Å². The van der Waals surface area contributed by atoms with Crippen LogP contribution in [-0.2, 0) is 9.59 Å². The molecule has 0 radical (unpaired) electrons. The van der Waals surface area contributed by atoms with Gasteiger partial charge in [-0.1, -0.05) is 13.3 Å². The molecule has 0 spiro atoms. The Labute approximate surface area is 114 Å². The lowest BCUT2D eigenvalue weighted by molar-refractivity contribution is -0.147. The van der Waals surface area contributed by atoms with E-state index in [0.29, 0.717) is 6.54 Å². The van der Waals surface area contributed by atoms with Gasteiger partial charge in [0.25, 0.3) is 0 Å². The van der Waals surface area contributed by atoms with Gasteiger partial charge in [0, 0.05) is 13.1 Å². The van der Waals surface area contributed by atoms with Gasteiger partial charge in [-0.15, -0.1) is 0 Å². The standard InChI is InChI=1S/C14H25N3O2/c1-2-6-14(7-4-8-16-10-14)13(19)17-9-3-5-11(17)12(15)18/h11,16H,2-10H2,1H3,(H2,15,18). The maximum atomic E-state index is 12.9. The fourth-order valence-electron chi connectivity index (χ4n) is 3.56. The summed E-state index contributed by atoms with van der Waals surface area (Å²) in [5, 5.41) is 3.35. The molecule has 0 aliphatic carbocycles. The van der Waals surface area contributed by atoms with Crippen molar-refractivity contribution in [2.45, 2.75) is 51.5 Å². The second-order valence-electron chi connectivity index (χ2n) is 5.87. The average Bonchev–Trinajstić information content (AvgIpc) is 2.88. The third-order valence-electron chi connectivity index (χ3n) is 4.50. The highest BCUT2D eigenvalue weighted by molar-refractivity contribution is 5.90. The van der Waals surface area contributed by atoms with E-state index in [1.165, 1.54) is 0 Å². The summed E-state index contributed by atoms with van der Waals surface area (Å²) in [5.74, 6) is -0.218. The molecule has 2 aliphatic rings. The Hall–Kier alpha value is -1.10. The summed E-state index contributed by atoms with van der Waals surface area (Å²) >= 11 is 0. The molecule has 108 valence electrons. The van der Waals surface area contributed by atoms with Crippen LogP contribution in [0.2, 0.25) is 0 Å². The number of carbonyl (C=O) groups is 2. The van der Waals surface area contributed by atoms with Gasteiger partial charge in [-0.25, -0.2) is 0 Å². The van der Waals surface area contributed by atoms with Crippen molar-refractivity contribution in [3.8, 4) is 0 Å². The number of rotatable bonds is 4. The highest BCUT2D eigenvalue weighted by Gasteiger charge is 2.45. The number of amides is 2. The quantitative estimate of drug-likeness (QED) is 0.784. The van der Waals surface area contributed by atoms with Crippen LogP contribution in [0, 0.1) is 5.41 Å². The molecule has 5 heteroatoms. The van der Waals surface area contributed by atoms with E-state index in [4.69, 9.17) is 5.73 Å². The minimum absolute atomic E-state index is 0.142. The first-order valence-electron chi connectivity index (χ1n) is 7.42. The molecule has 2 aliphatic heterocycles. The SMILES string of the molecule is CCCC1(C(=O)N2CCCC2C(N)=O)CCCNC1.